The van der Waals surface area contributed by atoms with Crippen molar-refractivity contribution in [3.05, 3.63) is 12.4 Å². The molecule has 0 fully saturated rings. The van der Waals surface area contributed by atoms with Gasteiger partial charge in [-0.25, -0.2) is 0 Å². The minimum Gasteiger partial charge on any atom is -0.389 e. The first-order valence-corrected chi connectivity index (χ1v) is 4.00. The largest absolute Gasteiger partial charge is 0.389 e. The highest BCUT2D eigenvalue weighted by Gasteiger charge is 2.15. The van der Waals surface area contributed by atoms with Gasteiger partial charge >= 0.3 is 0 Å². The van der Waals surface area contributed by atoms with Crippen LogP contribution in [0, 0.1) is 0 Å². The third-order valence-electron chi connectivity index (χ3n) is 1.67. The molecule has 0 aliphatic heterocycles. The summed E-state index contributed by atoms with van der Waals surface area (Å²) in [6.45, 7) is 0.611. The van der Waals surface area contributed by atoms with E-state index in [9.17, 15) is 5.11 Å². The predicted octanol–water partition coefficient (Wildman–Crippen LogP) is -0.966. The van der Waals surface area contributed by atoms with Crippen LogP contribution in [-0.2, 0) is 11.3 Å². The molecule has 3 N–H and O–H groups in total. The molecule has 0 aliphatic carbocycles. The van der Waals surface area contributed by atoms with E-state index in [2.05, 4.69) is 10.2 Å². The second-order valence-corrected chi connectivity index (χ2v) is 2.77. The third kappa shape index (κ3) is 4.01. The van der Waals surface area contributed by atoms with Crippen LogP contribution in [-0.4, -0.2) is 46.0 Å². The summed E-state index contributed by atoms with van der Waals surface area (Å²) in [5, 5.41) is 17.1. The number of halogens is 1. The number of hydrogen-bond donors (Lipinski definition) is 2. The van der Waals surface area contributed by atoms with Gasteiger partial charge < -0.3 is 15.6 Å². The Morgan fingerprint density at radius 1 is 1.50 bits per heavy atom. The number of rotatable bonds is 5. The maximum absolute atomic E-state index is 9.40. The predicted molar refractivity (Wildman–Crippen MR) is 53.1 cm³/mol. The SMILES string of the molecule is COCC(O)C(N)Cn1nccn1.Cl. The summed E-state index contributed by atoms with van der Waals surface area (Å²) in [4.78, 5) is 1.43. The molecule has 1 aromatic heterocycles. The van der Waals surface area contributed by atoms with Crippen LogP contribution in [0.1, 0.15) is 0 Å². The Kier molecular flexibility index (Phi) is 6.39. The third-order valence-corrected chi connectivity index (χ3v) is 1.67. The topological polar surface area (TPSA) is 86.2 Å². The number of methoxy groups -OCH3 is 1. The number of aliphatic hydroxyl groups is 1. The van der Waals surface area contributed by atoms with Crippen molar-refractivity contribution in [2.45, 2.75) is 18.7 Å². The molecular weight excluding hydrogens is 208 g/mol. The molecule has 14 heavy (non-hydrogen) atoms. The molecule has 0 aliphatic rings. The average molecular weight is 223 g/mol. The van der Waals surface area contributed by atoms with Crippen LogP contribution in [0.2, 0.25) is 0 Å². The van der Waals surface area contributed by atoms with Gasteiger partial charge in [-0.2, -0.15) is 15.0 Å². The number of aromatic nitrogens is 3. The molecule has 2 atom stereocenters. The minimum absolute atomic E-state index is 0. The molecule has 0 bridgehead atoms. The molecule has 1 rings (SSSR count). The van der Waals surface area contributed by atoms with E-state index in [4.69, 9.17) is 10.5 Å². The number of ether oxygens (including phenoxy) is 1. The zero-order chi connectivity index (χ0) is 9.68. The van der Waals surface area contributed by atoms with Gasteiger partial charge in [0.15, 0.2) is 0 Å². The standard InChI is InChI=1S/C7H14N4O2.ClH/c1-13-5-7(12)6(8)4-11-9-2-3-10-11;/h2-3,6-7,12H,4-5,8H2,1H3;1H. The lowest BCUT2D eigenvalue weighted by atomic mass is 10.2. The zero-order valence-electron chi connectivity index (χ0n) is 7.91. The van der Waals surface area contributed by atoms with Gasteiger partial charge in [0.2, 0.25) is 0 Å². The van der Waals surface area contributed by atoms with E-state index in [0.29, 0.717) is 6.54 Å². The number of aliphatic hydroxyl groups excluding tert-OH is 1. The van der Waals surface area contributed by atoms with Crippen molar-refractivity contribution in [2.75, 3.05) is 13.7 Å². The van der Waals surface area contributed by atoms with Crippen molar-refractivity contribution < 1.29 is 9.84 Å². The molecule has 6 nitrogen and oxygen atoms in total. The van der Waals surface area contributed by atoms with Crippen molar-refractivity contribution in [1.82, 2.24) is 15.0 Å². The Labute approximate surface area is 88.5 Å². The molecule has 0 aromatic carbocycles. The van der Waals surface area contributed by atoms with Gasteiger partial charge in [-0.3, -0.25) is 0 Å². The lowest BCUT2D eigenvalue weighted by Crippen LogP contribution is -2.41. The monoisotopic (exact) mass is 222 g/mol. The quantitative estimate of drug-likeness (QED) is 0.670. The summed E-state index contributed by atoms with van der Waals surface area (Å²) in [5.41, 5.74) is 5.66. The van der Waals surface area contributed by atoms with E-state index in [-0.39, 0.29) is 19.0 Å². The maximum atomic E-state index is 9.40. The van der Waals surface area contributed by atoms with E-state index in [1.165, 1.54) is 11.9 Å². The van der Waals surface area contributed by atoms with Gasteiger partial charge in [-0.15, -0.1) is 12.4 Å². The molecule has 2 unspecified atom stereocenters. The fraction of sp³-hybridized carbons (Fsp3) is 0.714. The van der Waals surface area contributed by atoms with Crippen LogP contribution in [0.3, 0.4) is 0 Å². The Balaban J connectivity index is 0.00000169. The second-order valence-electron chi connectivity index (χ2n) is 2.77. The van der Waals surface area contributed by atoms with Crippen LogP contribution in [0.15, 0.2) is 12.4 Å². The van der Waals surface area contributed by atoms with Crippen molar-refractivity contribution in [3.8, 4) is 0 Å². The van der Waals surface area contributed by atoms with Crippen molar-refractivity contribution in [2.24, 2.45) is 5.73 Å². The summed E-state index contributed by atoms with van der Waals surface area (Å²) in [5.74, 6) is 0. The first-order valence-electron chi connectivity index (χ1n) is 4.00. The van der Waals surface area contributed by atoms with Crippen LogP contribution in [0.25, 0.3) is 0 Å². The molecule has 7 heteroatoms. The highest BCUT2D eigenvalue weighted by atomic mass is 35.5. The Morgan fingerprint density at radius 3 is 2.57 bits per heavy atom. The van der Waals surface area contributed by atoms with Crippen LogP contribution in [0.4, 0.5) is 0 Å². The number of hydrogen-bond acceptors (Lipinski definition) is 5. The molecular formula is C7H15ClN4O2. The molecule has 82 valence electrons. The Hall–Kier alpha value is -0.690. The summed E-state index contributed by atoms with van der Waals surface area (Å²) < 4.78 is 4.76. The van der Waals surface area contributed by atoms with E-state index < -0.39 is 12.1 Å². The number of nitrogens with two attached hydrogens (primary N) is 1. The fourth-order valence-corrected chi connectivity index (χ4v) is 0.942. The van der Waals surface area contributed by atoms with Gasteiger partial charge in [-0.05, 0) is 0 Å². The first-order chi connectivity index (χ1) is 6.24. The number of nitrogens with zero attached hydrogens (tertiary/aromatic N) is 3. The maximum Gasteiger partial charge on any atom is 0.0942 e. The lowest BCUT2D eigenvalue weighted by Gasteiger charge is -2.16. The molecule has 0 saturated heterocycles. The van der Waals surface area contributed by atoms with Crippen LogP contribution >= 0.6 is 12.4 Å². The van der Waals surface area contributed by atoms with Crippen LogP contribution in [0.5, 0.6) is 0 Å². The fourth-order valence-electron chi connectivity index (χ4n) is 0.942. The van der Waals surface area contributed by atoms with E-state index >= 15 is 0 Å². The molecule has 1 heterocycles. The zero-order valence-corrected chi connectivity index (χ0v) is 8.72. The van der Waals surface area contributed by atoms with Gasteiger partial charge in [0.1, 0.15) is 0 Å². The average Bonchev–Trinajstić information content (AvgIpc) is 2.57. The summed E-state index contributed by atoms with van der Waals surface area (Å²) >= 11 is 0. The lowest BCUT2D eigenvalue weighted by molar-refractivity contribution is 0.0424. The second kappa shape index (κ2) is 6.72. The van der Waals surface area contributed by atoms with Gasteiger partial charge in [0.05, 0.1) is 37.7 Å². The smallest absolute Gasteiger partial charge is 0.0942 e. The van der Waals surface area contributed by atoms with Crippen molar-refractivity contribution in [1.29, 1.82) is 0 Å². The van der Waals surface area contributed by atoms with Crippen molar-refractivity contribution in [3.63, 3.8) is 0 Å². The molecule has 0 saturated carbocycles. The normalized spacial score (nSPS) is 14.5. The highest BCUT2D eigenvalue weighted by Crippen LogP contribution is 1.93. The highest BCUT2D eigenvalue weighted by molar-refractivity contribution is 5.85. The molecule has 0 spiro atoms. The van der Waals surface area contributed by atoms with Gasteiger partial charge in [-0.1, -0.05) is 0 Å². The first kappa shape index (κ1) is 13.3. The van der Waals surface area contributed by atoms with E-state index in [0.717, 1.165) is 0 Å². The van der Waals surface area contributed by atoms with Crippen molar-refractivity contribution >= 4 is 12.4 Å². The molecule has 0 amide bonds. The summed E-state index contributed by atoms with van der Waals surface area (Å²) in [6.07, 6.45) is 2.45. The van der Waals surface area contributed by atoms with E-state index in [1.54, 1.807) is 12.4 Å². The van der Waals surface area contributed by atoms with Gasteiger partial charge in [0.25, 0.3) is 0 Å². The molecule has 1 aromatic rings. The van der Waals surface area contributed by atoms with E-state index in [1.807, 2.05) is 0 Å². The minimum atomic E-state index is -0.684. The molecule has 0 radical (unpaired) electrons. The van der Waals surface area contributed by atoms with Crippen LogP contribution < -0.4 is 5.73 Å². The van der Waals surface area contributed by atoms with Gasteiger partial charge in [0, 0.05) is 7.11 Å². The Morgan fingerprint density at radius 2 is 2.07 bits per heavy atom. The summed E-state index contributed by atoms with van der Waals surface area (Å²) in [7, 11) is 1.52. The summed E-state index contributed by atoms with van der Waals surface area (Å²) in [6, 6.07) is -0.410. The Bertz CT molecular complexity index is 232.